The molecule has 1 aliphatic rings. The van der Waals surface area contributed by atoms with Gasteiger partial charge in [-0.3, -0.25) is 0 Å². The van der Waals surface area contributed by atoms with Crippen molar-refractivity contribution in [2.45, 2.75) is 0 Å². The standard InChI is InChI=1S/C13H8Br2OTe/c14-17(15)11-7-3-1-5-9(11)13(16)10-6-2-4-8-12(10)17/h1-8H. The summed E-state index contributed by atoms with van der Waals surface area (Å²) in [7, 11) is 0. The van der Waals surface area contributed by atoms with Crippen molar-refractivity contribution >= 4 is 52.3 Å². The van der Waals surface area contributed by atoms with E-state index >= 15 is 0 Å². The van der Waals surface area contributed by atoms with Crippen molar-refractivity contribution in [1.29, 1.82) is 0 Å². The van der Waals surface area contributed by atoms with Gasteiger partial charge in [0.2, 0.25) is 0 Å². The van der Waals surface area contributed by atoms with Gasteiger partial charge in [-0.15, -0.1) is 0 Å². The average molecular weight is 468 g/mol. The molecule has 3 rings (SSSR count). The molecule has 17 heavy (non-hydrogen) atoms. The van der Waals surface area contributed by atoms with E-state index in [2.05, 4.69) is 25.5 Å². The summed E-state index contributed by atoms with van der Waals surface area (Å²) in [5.41, 5.74) is 1.67. The maximum atomic E-state index is 12.4. The second-order valence-corrected chi connectivity index (χ2v) is 27.8. The molecule has 4 heteroatoms. The van der Waals surface area contributed by atoms with Crippen LogP contribution in [0.15, 0.2) is 48.5 Å². The molecule has 0 amide bonds. The summed E-state index contributed by atoms with van der Waals surface area (Å²) in [4.78, 5) is 12.4. The molecule has 1 aliphatic heterocycles. The van der Waals surface area contributed by atoms with E-state index in [4.69, 9.17) is 0 Å². The summed E-state index contributed by atoms with van der Waals surface area (Å²) in [6.45, 7) is 0. The van der Waals surface area contributed by atoms with Crippen LogP contribution >= 0.6 is 25.5 Å². The molecule has 0 N–H and O–H groups in total. The Balaban J connectivity index is 2.38. The first-order chi connectivity index (χ1) is 8.12. The van der Waals surface area contributed by atoms with Crippen LogP contribution in [-0.2, 0) is 0 Å². The van der Waals surface area contributed by atoms with Gasteiger partial charge in [0.25, 0.3) is 0 Å². The molecular weight excluding hydrogens is 460 g/mol. The maximum absolute atomic E-state index is 12.4. The third-order valence-electron chi connectivity index (χ3n) is 2.82. The van der Waals surface area contributed by atoms with Gasteiger partial charge in [-0.25, -0.2) is 0 Å². The van der Waals surface area contributed by atoms with E-state index in [1.54, 1.807) is 0 Å². The summed E-state index contributed by atoms with van der Waals surface area (Å²) in [6.07, 6.45) is 0. The summed E-state index contributed by atoms with van der Waals surface area (Å²) < 4.78 is 2.30. The van der Waals surface area contributed by atoms with Crippen LogP contribution in [0.4, 0.5) is 0 Å². The van der Waals surface area contributed by atoms with Crippen molar-refractivity contribution in [3.05, 3.63) is 59.7 Å². The molecule has 2 aromatic carbocycles. The summed E-state index contributed by atoms with van der Waals surface area (Å²) in [5, 5.41) is 0. The number of hydrogen-bond acceptors (Lipinski definition) is 1. The fourth-order valence-electron chi connectivity index (χ4n) is 2.02. The van der Waals surface area contributed by atoms with E-state index < -0.39 is 13.8 Å². The summed E-state index contributed by atoms with van der Waals surface area (Å²) in [6, 6.07) is 15.7. The van der Waals surface area contributed by atoms with E-state index in [9.17, 15) is 4.79 Å². The first kappa shape index (κ1) is 11.9. The minimum absolute atomic E-state index is 0.136. The summed E-state index contributed by atoms with van der Waals surface area (Å²) >= 11 is 5.09. The third-order valence-corrected chi connectivity index (χ3v) is 17.4. The van der Waals surface area contributed by atoms with Crippen molar-refractivity contribution in [3.63, 3.8) is 0 Å². The summed E-state index contributed by atoms with van der Waals surface area (Å²) in [5.74, 6) is 0.136. The third kappa shape index (κ3) is 1.74. The quantitative estimate of drug-likeness (QED) is 0.545. The van der Waals surface area contributed by atoms with Crippen molar-refractivity contribution in [1.82, 2.24) is 0 Å². The minimum atomic E-state index is -2.66. The molecule has 1 nitrogen and oxygen atoms in total. The second-order valence-electron chi connectivity index (χ2n) is 3.79. The van der Waals surface area contributed by atoms with Gasteiger partial charge >= 0.3 is 117 Å². The predicted molar refractivity (Wildman–Crippen MR) is 79.2 cm³/mol. The molecule has 0 bridgehead atoms. The van der Waals surface area contributed by atoms with E-state index in [-0.39, 0.29) is 5.78 Å². The predicted octanol–water partition coefficient (Wildman–Crippen LogP) is 2.58. The number of halogens is 2. The average Bonchev–Trinajstić information content (AvgIpc) is 2.37. The molecule has 0 unspecified atom stereocenters. The Morgan fingerprint density at radius 3 is 1.65 bits per heavy atom. The van der Waals surface area contributed by atoms with Gasteiger partial charge in [-0.1, -0.05) is 0 Å². The van der Waals surface area contributed by atoms with Gasteiger partial charge < -0.3 is 0 Å². The SMILES string of the molecule is O=C1c2ccccc2[Te](Br)(Br)c2ccccc21. The van der Waals surface area contributed by atoms with Crippen LogP contribution in [0.5, 0.6) is 0 Å². The molecule has 0 atom stereocenters. The number of ketones is 1. The Kier molecular flexibility index (Phi) is 2.95. The number of benzene rings is 2. The molecule has 1 heterocycles. The van der Waals surface area contributed by atoms with Gasteiger partial charge in [0.05, 0.1) is 0 Å². The molecular formula is C13H8Br2OTe. The molecule has 0 saturated carbocycles. The van der Waals surface area contributed by atoms with Crippen LogP contribution in [0.2, 0.25) is 0 Å². The first-order valence-corrected chi connectivity index (χ1v) is 17.9. The number of rotatable bonds is 0. The van der Waals surface area contributed by atoms with Crippen LogP contribution < -0.4 is 7.22 Å². The van der Waals surface area contributed by atoms with Crippen molar-refractivity contribution in [2.75, 3.05) is 0 Å². The van der Waals surface area contributed by atoms with Crippen LogP contribution in [0, 0.1) is 0 Å². The van der Waals surface area contributed by atoms with Gasteiger partial charge in [0.1, 0.15) is 0 Å². The van der Waals surface area contributed by atoms with Gasteiger partial charge in [0, 0.05) is 0 Å². The van der Waals surface area contributed by atoms with Crippen molar-refractivity contribution in [3.8, 4) is 0 Å². The number of fused-ring (bicyclic) bond motifs is 2. The molecule has 0 aromatic heterocycles. The van der Waals surface area contributed by atoms with Crippen molar-refractivity contribution < 1.29 is 4.79 Å². The Morgan fingerprint density at radius 2 is 1.18 bits per heavy atom. The van der Waals surface area contributed by atoms with E-state index in [0.29, 0.717) is 0 Å². The zero-order valence-electron chi connectivity index (χ0n) is 8.69. The van der Waals surface area contributed by atoms with Crippen LogP contribution in [0.1, 0.15) is 15.9 Å². The number of hydrogen-bond donors (Lipinski definition) is 0. The first-order valence-electron chi connectivity index (χ1n) is 5.08. The Hall–Kier alpha value is -0.140. The molecule has 86 valence electrons. The number of carbonyl (C=O) groups is 1. The zero-order chi connectivity index (χ0) is 12.0. The van der Waals surface area contributed by atoms with Crippen LogP contribution in [0.25, 0.3) is 0 Å². The Morgan fingerprint density at radius 1 is 0.765 bits per heavy atom. The monoisotopic (exact) mass is 468 g/mol. The zero-order valence-corrected chi connectivity index (χ0v) is 14.2. The van der Waals surface area contributed by atoms with Crippen LogP contribution in [-0.4, -0.2) is 19.5 Å². The van der Waals surface area contributed by atoms with E-state index in [1.807, 2.05) is 48.5 Å². The molecule has 2 aromatic rings. The Bertz CT molecular complexity index is 571. The fourth-order valence-corrected chi connectivity index (χ4v) is 14.2. The molecule has 0 saturated heterocycles. The van der Waals surface area contributed by atoms with Crippen molar-refractivity contribution in [2.24, 2.45) is 0 Å². The molecule has 0 radical (unpaired) electrons. The van der Waals surface area contributed by atoms with E-state index in [0.717, 1.165) is 18.3 Å². The number of carbonyl (C=O) groups excluding carboxylic acids is 1. The second kappa shape index (κ2) is 4.20. The fraction of sp³-hybridized carbons (Fsp3) is 0. The molecule has 0 aliphatic carbocycles. The Labute approximate surface area is 116 Å². The molecule has 0 spiro atoms. The normalized spacial score (nSPS) is 18.1. The van der Waals surface area contributed by atoms with Gasteiger partial charge in [0.15, 0.2) is 0 Å². The van der Waals surface area contributed by atoms with Crippen LogP contribution in [0.3, 0.4) is 0 Å². The van der Waals surface area contributed by atoms with Gasteiger partial charge in [-0.2, -0.15) is 0 Å². The molecule has 0 fully saturated rings. The topological polar surface area (TPSA) is 17.1 Å². The van der Waals surface area contributed by atoms with Gasteiger partial charge in [-0.05, 0) is 0 Å². The van der Waals surface area contributed by atoms with E-state index in [1.165, 1.54) is 0 Å².